The van der Waals surface area contributed by atoms with E-state index < -0.39 is 18.3 Å². The Balaban J connectivity index is 1.16. The van der Waals surface area contributed by atoms with Gasteiger partial charge < -0.3 is 35.1 Å². The van der Waals surface area contributed by atoms with Gasteiger partial charge in [-0.15, -0.1) is 0 Å². The second-order valence-corrected chi connectivity index (χ2v) is 8.79. The molecule has 1 aliphatic carbocycles. The molecule has 2 aliphatic heterocycles. The molecule has 3 amide bonds. The number of aliphatic hydroxyl groups excluding tert-OH is 1. The van der Waals surface area contributed by atoms with E-state index in [1.54, 1.807) is 6.20 Å². The van der Waals surface area contributed by atoms with Crippen molar-refractivity contribution in [1.82, 2.24) is 25.5 Å². The highest BCUT2D eigenvalue weighted by Crippen LogP contribution is 2.35. The number of fused-ring (bicyclic) bond motifs is 1. The summed E-state index contributed by atoms with van der Waals surface area (Å²) in [6, 6.07) is 0.0122. The minimum Gasteiger partial charge on any atom is -0.388 e. The number of imidazole rings is 1. The van der Waals surface area contributed by atoms with Gasteiger partial charge in [0.2, 0.25) is 5.91 Å². The number of rotatable bonds is 7. The van der Waals surface area contributed by atoms with Gasteiger partial charge in [0.15, 0.2) is 0 Å². The Kier molecular flexibility index (Phi) is 7.09. The van der Waals surface area contributed by atoms with Gasteiger partial charge in [0, 0.05) is 38.4 Å². The van der Waals surface area contributed by atoms with Crippen LogP contribution in [0.25, 0.3) is 0 Å². The summed E-state index contributed by atoms with van der Waals surface area (Å²) in [5.41, 5.74) is 0. The summed E-state index contributed by atoms with van der Waals surface area (Å²) in [6.07, 6.45) is 7.46. The molecule has 10 heteroatoms. The Labute approximate surface area is 182 Å². The smallest absolute Gasteiger partial charge is 0.315 e. The maximum Gasteiger partial charge on any atom is 0.315 e. The minimum absolute atomic E-state index is 0.125. The van der Waals surface area contributed by atoms with Gasteiger partial charge >= 0.3 is 6.03 Å². The molecule has 0 bridgehead atoms. The summed E-state index contributed by atoms with van der Waals surface area (Å²) in [7, 11) is 1.87. The van der Waals surface area contributed by atoms with Crippen molar-refractivity contribution in [3.63, 3.8) is 0 Å². The first-order valence-electron chi connectivity index (χ1n) is 11.3. The molecule has 0 aromatic carbocycles. The fourth-order valence-electron chi connectivity index (χ4n) is 4.71. The number of urea groups is 1. The number of nitrogens with zero attached hydrogens (tertiary/aromatic N) is 2. The number of hydrogen-bond acceptors (Lipinski definition) is 6. The van der Waals surface area contributed by atoms with Crippen LogP contribution >= 0.6 is 0 Å². The summed E-state index contributed by atoms with van der Waals surface area (Å²) in [5.74, 6) is 0.652. The molecule has 1 aromatic heterocycles. The third-order valence-electron chi connectivity index (χ3n) is 6.46. The molecule has 4 N–H and O–H groups in total. The zero-order valence-electron chi connectivity index (χ0n) is 18.0. The highest BCUT2D eigenvalue weighted by Gasteiger charge is 2.50. The van der Waals surface area contributed by atoms with Crippen LogP contribution < -0.4 is 16.0 Å². The van der Waals surface area contributed by atoms with Crippen molar-refractivity contribution in [3.8, 4) is 0 Å². The average molecular weight is 436 g/mol. The van der Waals surface area contributed by atoms with E-state index in [0.717, 1.165) is 31.5 Å². The van der Waals surface area contributed by atoms with Gasteiger partial charge in [0.1, 0.15) is 24.1 Å². The molecule has 5 unspecified atom stereocenters. The lowest BCUT2D eigenvalue weighted by Gasteiger charge is -2.24. The zero-order chi connectivity index (χ0) is 21.8. The summed E-state index contributed by atoms with van der Waals surface area (Å²) in [5, 5.41) is 19.2. The van der Waals surface area contributed by atoms with Gasteiger partial charge in [0.05, 0.1) is 25.2 Å². The molecular weight excluding hydrogens is 402 g/mol. The van der Waals surface area contributed by atoms with Crippen LogP contribution in [0.1, 0.15) is 50.8 Å². The molecule has 1 aromatic rings. The Bertz CT molecular complexity index is 765. The maximum atomic E-state index is 12.2. The van der Waals surface area contributed by atoms with E-state index >= 15 is 0 Å². The molecule has 172 valence electrons. The number of carbonyl (C=O) groups is 2. The van der Waals surface area contributed by atoms with Crippen LogP contribution in [0.5, 0.6) is 0 Å². The molecule has 10 nitrogen and oxygen atoms in total. The second-order valence-electron chi connectivity index (χ2n) is 8.79. The van der Waals surface area contributed by atoms with Crippen LogP contribution in [0.3, 0.4) is 0 Å². The summed E-state index contributed by atoms with van der Waals surface area (Å²) < 4.78 is 13.7. The highest BCUT2D eigenvalue weighted by atomic mass is 16.6. The van der Waals surface area contributed by atoms with E-state index in [1.165, 1.54) is 6.42 Å². The van der Waals surface area contributed by atoms with Crippen molar-refractivity contribution in [1.29, 1.82) is 0 Å². The molecule has 0 radical (unpaired) electrons. The van der Waals surface area contributed by atoms with Crippen molar-refractivity contribution in [2.24, 2.45) is 7.05 Å². The largest absolute Gasteiger partial charge is 0.388 e. The Hall–Kier alpha value is -2.17. The van der Waals surface area contributed by atoms with Crippen LogP contribution in [-0.4, -0.2) is 69.7 Å². The van der Waals surface area contributed by atoms with Gasteiger partial charge in [0.25, 0.3) is 0 Å². The number of nitrogens with one attached hydrogen (secondary N) is 3. The number of aryl methyl sites for hydroxylation is 1. The van der Waals surface area contributed by atoms with Crippen LogP contribution in [-0.2, 0) is 27.9 Å². The third-order valence-corrected chi connectivity index (χ3v) is 6.46. The molecule has 3 heterocycles. The van der Waals surface area contributed by atoms with Gasteiger partial charge in [-0.05, 0) is 12.8 Å². The van der Waals surface area contributed by atoms with Crippen molar-refractivity contribution in [2.45, 2.75) is 88.1 Å². The lowest BCUT2D eigenvalue weighted by atomic mass is 9.96. The van der Waals surface area contributed by atoms with Crippen LogP contribution in [0.2, 0.25) is 0 Å². The summed E-state index contributed by atoms with van der Waals surface area (Å²) in [4.78, 5) is 28.5. The van der Waals surface area contributed by atoms with Crippen molar-refractivity contribution < 1.29 is 24.2 Å². The van der Waals surface area contributed by atoms with Crippen molar-refractivity contribution in [2.75, 3.05) is 6.54 Å². The van der Waals surface area contributed by atoms with Gasteiger partial charge in [-0.1, -0.05) is 19.3 Å². The fourth-order valence-corrected chi connectivity index (χ4v) is 4.71. The zero-order valence-corrected chi connectivity index (χ0v) is 18.0. The first kappa shape index (κ1) is 22.0. The molecule has 3 aliphatic rings. The molecule has 3 fully saturated rings. The molecule has 5 atom stereocenters. The molecule has 1 saturated carbocycles. The van der Waals surface area contributed by atoms with E-state index in [2.05, 4.69) is 20.9 Å². The summed E-state index contributed by atoms with van der Waals surface area (Å²) >= 11 is 0. The lowest BCUT2D eigenvalue weighted by molar-refractivity contribution is -0.125. The predicted octanol–water partition coefficient (Wildman–Crippen LogP) is 0.344. The normalized spacial score (nSPS) is 30.7. The number of amides is 3. The molecule has 0 spiro atoms. The lowest BCUT2D eigenvalue weighted by Crippen LogP contribution is -2.47. The van der Waals surface area contributed by atoms with E-state index in [-0.39, 0.29) is 43.2 Å². The Morgan fingerprint density at radius 3 is 2.74 bits per heavy atom. The van der Waals surface area contributed by atoms with E-state index in [0.29, 0.717) is 13.0 Å². The fraction of sp³-hybridized carbons (Fsp3) is 0.762. The Morgan fingerprint density at radius 2 is 2.03 bits per heavy atom. The van der Waals surface area contributed by atoms with Gasteiger partial charge in [-0.2, -0.15) is 0 Å². The molecular formula is C21H33N5O5. The van der Waals surface area contributed by atoms with Crippen LogP contribution in [0.4, 0.5) is 4.79 Å². The molecule has 31 heavy (non-hydrogen) atoms. The first-order valence-corrected chi connectivity index (χ1v) is 11.3. The van der Waals surface area contributed by atoms with E-state index in [9.17, 15) is 14.7 Å². The van der Waals surface area contributed by atoms with Crippen LogP contribution in [0.15, 0.2) is 12.4 Å². The van der Waals surface area contributed by atoms with Gasteiger partial charge in [-0.25, -0.2) is 9.78 Å². The Morgan fingerprint density at radius 1 is 1.23 bits per heavy atom. The average Bonchev–Trinajstić information content (AvgIpc) is 3.42. The number of aliphatic hydroxyl groups is 1. The van der Waals surface area contributed by atoms with Crippen molar-refractivity contribution >= 4 is 11.9 Å². The number of ether oxygens (including phenoxy) is 2. The van der Waals surface area contributed by atoms with Crippen molar-refractivity contribution in [3.05, 3.63) is 18.2 Å². The minimum atomic E-state index is -0.833. The molecule has 4 rings (SSSR count). The molecule has 2 saturated heterocycles. The third kappa shape index (κ3) is 5.55. The standard InChI is InChI=1S/C21H33N5O5/c1-26-8-7-22-17(26)12-23-18(27)10-14-9-15-20(30-14)19(28)16(31-15)11-24-21(29)25-13-5-3-2-4-6-13/h7-8,13-16,19-20,28H,2-6,9-12H2,1H3,(H,23,27)(H2,24,25,29). The van der Waals surface area contributed by atoms with Gasteiger partial charge in [-0.3, -0.25) is 4.79 Å². The SMILES string of the molecule is Cn1ccnc1CNC(=O)CC1CC2OC(CNC(=O)NC3CCCCC3)C(O)C2O1. The number of aromatic nitrogens is 2. The first-order chi connectivity index (χ1) is 15.0. The summed E-state index contributed by atoms with van der Waals surface area (Å²) in [6.45, 7) is 0.586. The maximum absolute atomic E-state index is 12.2. The van der Waals surface area contributed by atoms with E-state index in [4.69, 9.17) is 9.47 Å². The quantitative estimate of drug-likeness (QED) is 0.489. The van der Waals surface area contributed by atoms with E-state index in [1.807, 2.05) is 17.8 Å². The van der Waals surface area contributed by atoms with Crippen LogP contribution in [0, 0.1) is 0 Å². The monoisotopic (exact) mass is 435 g/mol. The topological polar surface area (TPSA) is 127 Å². The highest BCUT2D eigenvalue weighted by molar-refractivity contribution is 5.76. The predicted molar refractivity (Wildman–Crippen MR) is 111 cm³/mol. The number of carbonyl (C=O) groups excluding carboxylic acids is 2. The number of hydrogen-bond donors (Lipinski definition) is 4. The second kappa shape index (κ2) is 9.97.